The Balaban J connectivity index is 0.00000441. The summed E-state index contributed by atoms with van der Waals surface area (Å²) in [6, 6.07) is 10.6. The van der Waals surface area contributed by atoms with Crippen molar-refractivity contribution in [3.8, 4) is 28.5 Å². The van der Waals surface area contributed by atoms with Crippen LogP contribution >= 0.6 is 0 Å². The van der Waals surface area contributed by atoms with Crippen molar-refractivity contribution >= 4 is 31.6 Å². The Morgan fingerprint density at radius 3 is 2.00 bits per heavy atom. The molecule has 2 N–H and O–H groups in total. The van der Waals surface area contributed by atoms with Gasteiger partial charge in [0.1, 0.15) is 10.6 Å². The van der Waals surface area contributed by atoms with Gasteiger partial charge in [-0.05, 0) is 40.2 Å². The van der Waals surface area contributed by atoms with Crippen LogP contribution in [0, 0.1) is 20.2 Å². The summed E-state index contributed by atoms with van der Waals surface area (Å²) in [4.78, 5) is 21.3. The van der Waals surface area contributed by atoms with E-state index >= 15 is 0 Å². The third kappa shape index (κ3) is 6.14. The first kappa shape index (κ1) is 30.7. The summed E-state index contributed by atoms with van der Waals surface area (Å²) in [6.45, 7) is 0. The van der Waals surface area contributed by atoms with Gasteiger partial charge in [-0.15, -0.1) is 0 Å². The molecule has 0 aliphatic rings. The minimum absolute atomic E-state index is 0. The van der Waals surface area contributed by atoms with E-state index in [0.717, 1.165) is 46.0 Å². The van der Waals surface area contributed by atoms with Crippen LogP contribution in [-0.4, -0.2) is 57.9 Å². The van der Waals surface area contributed by atoms with E-state index in [1.54, 1.807) is 0 Å². The van der Waals surface area contributed by atoms with E-state index in [2.05, 4.69) is 10.2 Å². The number of non-ortho nitro benzene ring substituents is 2. The van der Waals surface area contributed by atoms with Crippen LogP contribution in [0.2, 0.25) is 0 Å². The van der Waals surface area contributed by atoms with Crippen molar-refractivity contribution in [1.29, 1.82) is 0 Å². The van der Waals surface area contributed by atoms with Gasteiger partial charge in [-0.2, -0.15) is 16.8 Å². The molecule has 20 heteroatoms. The predicted molar refractivity (Wildman–Crippen MR) is 128 cm³/mol. The van der Waals surface area contributed by atoms with E-state index in [0.29, 0.717) is 6.07 Å². The van der Waals surface area contributed by atoms with Crippen LogP contribution in [0.25, 0.3) is 22.8 Å². The van der Waals surface area contributed by atoms with Gasteiger partial charge in [0.05, 0.1) is 38.6 Å². The molecule has 0 fully saturated rings. The molecule has 0 aliphatic heterocycles. The second-order valence-electron chi connectivity index (χ2n) is 7.60. The van der Waals surface area contributed by atoms with Gasteiger partial charge < -0.3 is 4.74 Å². The topological polar surface area (TPSA) is 239 Å². The first-order chi connectivity index (χ1) is 18.2. The summed E-state index contributed by atoms with van der Waals surface area (Å²) in [6.07, 6.45) is 0. The van der Waals surface area contributed by atoms with Gasteiger partial charge in [0, 0.05) is 29.1 Å². The first-order valence-corrected chi connectivity index (χ1v) is 13.2. The SMILES string of the molecule is COc1cc([N+](=O)[O-])ccc1-[n+]1nc(-c2ccc(S(=O)(=O)O)cc2S(=O)(=O)O)nn1-c1ccc([N+](=O)[O-])cc1.[Na+]. The summed E-state index contributed by atoms with van der Waals surface area (Å²) in [5.74, 6) is -0.462. The fourth-order valence-corrected chi connectivity index (χ4v) is 4.72. The molecule has 0 radical (unpaired) electrons. The van der Waals surface area contributed by atoms with E-state index in [4.69, 9.17) is 4.74 Å². The number of nitrogens with zero attached hydrogens (tertiary/aromatic N) is 6. The number of nitro benzene ring substituents is 2. The minimum atomic E-state index is -5.09. The smallest absolute Gasteiger partial charge is 0.492 e. The number of nitro groups is 2. The number of hydrogen-bond donors (Lipinski definition) is 2. The van der Waals surface area contributed by atoms with Gasteiger partial charge in [-0.3, -0.25) is 29.3 Å². The van der Waals surface area contributed by atoms with E-state index < -0.39 is 45.7 Å². The molecule has 0 amide bonds. The van der Waals surface area contributed by atoms with Crippen molar-refractivity contribution in [3.63, 3.8) is 0 Å². The second kappa shape index (κ2) is 11.3. The Morgan fingerprint density at radius 2 is 1.48 bits per heavy atom. The molecule has 1 heterocycles. The average molecular weight is 602 g/mol. The van der Waals surface area contributed by atoms with E-state index in [-0.39, 0.29) is 63.6 Å². The van der Waals surface area contributed by atoms with Crippen molar-refractivity contribution in [1.82, 2.24) is 15.0 Å². The molecule has 0 spiro atoms. The zero-order chi connectivity index (χ0) is 28.7. The van der Waals surface area contributed by atoms with E-state index in [9.17, 15) is 46.2 Å². The Kier molecular flexibility index (Phi) is 8.69. The first-order valence-electron chi connectivity index (χ1n) is 10.3. The molecular weight excluding hydrogens is 587 g/mol. The Morgan fingerprint density at radius 1 is 0.875 bits per heavy atom. The van der Waals surface area contributed by atoms with Crippen LogP contribution in [0.4, 0.5) is 11.4 Å². The standard InChI is InChI=1S/C20H14N6O11S2.Na/c1-37-18-10-14(26(29)30)6-9-17(18)24-22-20(21-23(24)12-2-4-13(5-3-12)25(27)28)16-8-7-15(38(31,32)33)11-19(16)39(34,35)36;/h2-11H,1H3,(H-,31,32,33,34,35,36);/q;+1/p+1. The Hall–Kier alpha value is -3.85. The van der Waals surface area contributed by atoms with Crippen LogP contribution in [0.1, 0.15) is 0 Å². The molecule has 0 saturated heterocycles. The molecule has 202 valence electrons. The van der Waals surface area contributed by atoms with Gasteiger partial charge in [-0.1, -0.05) is 0 Å². The number of ether oxygens (including phenoxy) is 1. The van der Waals surface area contributed by atoms with Gasteiger partial charge in [-0.25, -0.2) is 0 Å². The number of rotatable bonds is 8. The number of aromatic nitrogens is 4. The molecule has 40 heavy (non-hydrogen) atoms. The monoisotopic (exact) mass is 602 g/mol. The van der Waals surface area contributed by atoms with Crippen LogP contribution in [0.15, 0.2) is 70.5 Å². The maximum absolute atomic E-state index is 12.1. The van der Waals surface area contributed by atoms with Crippen molar-refractivity contribution in [2.75, 3.05) is 7.11 Å². The number of hydrogen-bond acceptors (Lipinski definition) is 11. The predicted octanol–water partition coefficient (Wildman–Crippen LogP) is -1.47. The molecule has 17 nitrogen and oxygen atoms in total. The zero-order valence-corrected chi connectivity index (χ0v) is 24.0. The normalized spacial score (nSPS) is 11.5. The summed E-state index contributed by atoms with van der Waals surface area (Å²) in [7, 11) is -8.72. The van der Waals surface area contributed by atoms with Crippen molar-refractivity contribution in [3.05, 3.63) is 80.9 Å². The van der Waals surface area contributed by atoms with Crippen LogP contribution < -0.4 is 39.1 Å². The number of benzene rings is 3. The minimum Gasteiger partial charge on any atom is -0.492 e. The average Bonchev–Trinajstić information content (AvgIpc) is 3.32. The molecule has 0 bridgehead atoms. The summed E-state index contributed by atoms with van der Waals surface area (Å²) < 4.78 is 71.6. The zero-order valence-electron chi connectivity index (χ0n) is 20.3. The molecule has 1 aromatic heterocycles. The van der Waals surface area contributed by atoms with Crippen molar-refractivity contribution in [2.45, 2.75) is 9.79 Å². The Bertz CT molecular complexity index is 1860. The van der Waals surface area contributed by atoms with Crippen LogP contribution in [0.3, 0.4) is 0 Å². The fraction of sp³-hybridized carbons (Fsp3) is 0.0500. The molecular formula is C20H15N6NaO11S2+2. The van der Waals surface area contributed by atoms with Gasteiger partial charge >= 0.3 is 35.4 Å². The molecule has 0 unspecified atom stereocenters. The second-order valence-corrected chi connectivity index (χ2v) is 10.4. The fourth-order valence-electron chi connectivity index (χ4n) is 3.43. The van der Waals surface area contributed by atoms with Gasteiger partial charge in [0.25, 0.3) is 31.6 Å². The molecule has 4 rings (SSSR count). The summed E-state index contributed by atoms with van der Waals surface area (Å²) in [5, 5.41) is 30.8. The maximum Gasteiger partial charge on any atom is 1.00 e. The van der Waals surface area contributed by atoms with Gasteiger partial charge in [0.2, 0.25) is 5.69 Å². The van der Waals surface area contributed by atoms with Crippen molar-refractivity contribution < 1.29 is 74.9 Å². The molecule has 3 aromatic carbocycles. The van der Waals surface area contributed by atoms with E-state index in [1.807, 2.05) is 0 Å². The number of tetrazole rings is 1. The van der Waals surface area contributed by atoms with Gasteiger partial charge in [0.15, 0.2) is 5.75 Å². The molecule has 4 aromatic rings. The third-order valence-electron chi connectivity index (χ3n) is 5.21. The molecule has 0 atom stereocenters. The maximum atomic E-state index is 12.1. The van der Waals surface area contributed by atoms with E-state index in [1.165, 1.54) is 25.3 Å². The van der Waals surface area contributed by atoms with Crippen LogP contribution in [0.5, 0.6) is 5.75 Å². The third-order valence-corrected chi connectivity index (χ3v) is 6.95. The molecule has 0 aliphatic carbocycles. The molecule has 0 saturated carbocycles. The van der Waals surface area contributed by atoms with Crippen molar-refractivity contribution in [2.24, 2.45) is 0 Å². The summed E-state index contributed by atoms with van der Waals surface area (Å²) in [5.41, 5.74) is -0.758. The number of methoxy groups -OCH3 is 1. The summed E-state index contributed by atoms with van der Waals surface area (Å²) >= 11 is 0. The Labute approximate surface area is 246 Å². The largest absolute Gasteiger partial charge is 1.00 e. The quantitative estimate of drug-likeness (QED) is 0.0771. The van der Waals surface area contributed by atoms with Crippen LogP contribution in [-0.2, 0) is 20.2 Å².